The number of phenols is 1. The fraction of sp³-hybridized carbons (Fsp3) is 0.182. The zero-order valence-electron chi connectivity index (χ0n) is 17.5. The molecule has 0 saturated heterocycles. The fourth-order valence-electron chi connectivity index (χ4n) is 3.22. The molecular weight excluding hydrogens is 438 g/mol. The third-order valence-electron chi connectivity index (χ3n) is 4.90. The van der Waals surface area contributed by atoms with Gasteiger partial charge in [-0.15, -0.1) is 0 Å². The molecule has 0 radical (unpaired) electrons. The third kappa shape index (κ3) is 4.38. The molecular formula is C22H23NO6S2. The summed E-state index contributed by atoms with van der Waals surface area (Å²) in [5.74, 6) is 0.0605. The van der Waals surface area contributed by atoms with E-state index in [1.165, 1.54) is 56.5 Å². The van der Waals surface area contributed by atoms with Crippen molar-refractivity contribution in [2.24, 2.45) is 0 Å². The second kappa shape index (κ2) is 8.24. The molecule has 0 amide bonds. The second-order valence-corrected chi connectivity index (χ2v) is 10.7. The highest BCUT2D eigenvalue weighted by Gasteiger charge is 2.28. The molecule has 0 spiro atoms. The SMILES string of the molecule is COc1ccc(S(=O)(=O)Nc2c(C)cc(O)c(S(=O)(=O)c3ccc(C)cc3)c2C)cc1. The van der Waals surface area contributed by atoms with Crippen LogP contribution < -0.4 is 9.46 Å². The summed E-state index contributed by atoms with van der Waals surface area (Å²) in [5.41, 5.74) is 1.47. The van der Waals surface area contributed by atoms with Crippen molar-refractivity contribution in [2.75, 3.05) is 11.8 Å². The van der Waals surface area contributed by atoms with Gasteiger partial charge in [0.15, 0.2) is 0 Å². The van der Waals surface area contributed by atoms with Crippen LogP contribution in [-0.2, 0) is 19.9 Å². The summed E-state index contributed by atoms with van der Waals surface area (Å²) in [6, 6.07) is 13.2. The zero-order valence-corrected chi connectivity index (χ0v) is 19.1. The van der Waals surface area contributed by atoms with E-state index in [2.05, 4.69) is 4.72 Å². The summed E-state index contributed by atoms with van der Waals surface area (Å²) in [4.78, 5) is -0.346. The van der Waals surface area contributed by atoms with Crippen LogP contribution in [0, 0.1) is 20.8 Å². The highest BCUT2D eigenvalue weighted by atomic mass is 32.2. The van der Waals surface area contributed by atoms with E-state index in [1.807, 2.05) is 6.92 Å². The van der Waals surface area contributed by atoms with Crippen molar-refractivity contribution in [1.82, 2.24) is 0 Å². The first kappa shape index (κ1) is 22.6. The molecule has 0 heterocycles. The van der Waals surface area contributed by atoms with Gasteiger partial charge < -0.3 is 9.84 Å². The quantitative estimate of drug-likeness (QED) is 0.538. The van der Waals surface area contributed by atoms with Gasteiger partial charge in [-0.1, -0.05) is 17.7 Å². The maximum Gasteiger partial charge on any atom is 0.261 e. The van der Waals surface area contributed by atoms with E-state index in [4.69, 9.17) is 4.74 Å². The standard InChI is InChI=1S/C22H23NO6S2/c1-14-5-9-18(10-6-14)30(25,26)22-16(3)21(15(2)13-20(22)24)23-31(27,28)19-11-7-17(29-4)8-12-19/h5-13,23-24H,1-4H3. The van der Waals surface area contributed by atoms with E-state index >= 15 is 0 Å². The molecule has 0 aromatic heterocycles. The number of anilines is 1. The number of hydrogen-bond acceptors (Lipinski definition) is 6. The molecule has 0 fully saturated rings. The van der Waals surface area contributed by atoms with Crippen molar-refractivity contribution in [3.63, 3.8) is 0 Å². The van der Waals surface area contributed by atoms with Crippen molar-refractivity contribution >= 4 is 25.5 Å². The maximum atomic E-state index is 13.2. The summed E-state index contributed by atoms with van der Waals surface area (Å²) < 4.78 is 59.7. The number of benzene rings is 3. The smallest absolute Gasteiger partial charge is 0.261 e. The number of nitrogens with one attached hydrogen (secondary N) is 1. The van der Waals surface area contributed by atoms with E-state index in [0.717, 1.165) is 5.56 Å². The average molecular weight is 462 g/mol. The predicted octanol–water partition coefficient (Wildman–Crippen LogP) is 3.96. The summed E-state index contributed by atoms with van der Waals surface area (Å²) >= 11 is 0. The summed E-state index contributed by atoms with van der Waals surface area (Å²) in [7, 11) is -6.62. The molecule has 2 N–H and O–H groups in total. The monoisotopic (exact) mass is 461 g/mol. The Morgan fingerprint density at radius 3 is 1.94 bits per heavy atom. The van der Waals surface area contributed by atoms with Crippen LogP contribution in [0.3, 0.4) is 0 Å². The first-order chi connectivity index (χ1) is 14.5. The van der Waals surface area contributed by atoms with Gasteiger partial charge in [-0.05, 0) is 74.4 Å². The normalized spacial score (nSPS) is 11.9. The van der Waals surface area contributed by atoms with Crippen LogP contribution in [0.5, 0.6) is 11.5 Å². The first-order valence-electron chi connectivity index (χ1n) is 9.29. The fourth-order valence-corrected chi connectivity index (χ4v) is 5.99. The van der Waals surface area contributed by atoms with Crippen LogP contribution in [0.15, 0.2) is 69.3 Å². The highest BCUT2D eigenvalue weighted by molar-refractivity contribution is 7.93. The Balaban J connectivity index is 2.11. The number of methoxy groups -OCH3 is 1. The highest BCUT2D eigenvalue weighted by Crippen LogP contribution is 2.38. The van der Waals surface area contributed by atoms with Crippen LogP contribution in [0.25, 0.3) is 0 Å². The van der Waals surface area contributed by atoms with Crippen LogP contribution >= 0.6 is 0 Å². The maximum absolute atomic E-state index is 13.2. The molecule has 3 aromatic carbocycles. The summed E-state index contributed by atoms with van der Waals surface area (Å²) in [6.07, 6.45) is 0. The van der Waals surface area contributed by atoms with E-state index in [1.54, 1.807) is 19.1 Å². The summed E-state index contributed by atoms with van der Waals surface area (Å²) in [6.45, 7) is 4.87. The molecule has 0 aliphatic rings. The Bertz CT molecular complexity index is 1330. The minimum absolute atomic E-state index is 0.00400. The Morgan fingerprint density at radius 2 is 1.39 bits per heavy atom. The minimum atomic E-state index is -4.09. The number of sulfonamides is 1. The average Bonchev–Trinajstić information content (AvgIpc) is 2.71. The molecule has 164 valence electrons. The number of phenolic OH excluding ortho intramolecular Hbond substituents is 1. The van der Waals surface area contributed by atoms with Gasteiger partial charge >= 0.3 is 0 Å². The van der Waals surface area contributed by atoms with Crippen molar-refractivity contribution < 1.29 is 26.7 Å². The zero-order chi connectivity index (χ0) is 23.0. The number of sulfone groups is 1. The molecule has 3 aromatic rings. The van der Waals surface area contributed by atoms with Gasteiger partial charge in [0.1, 0.15) is 16.4 Å². The summed E-state index contributed by atoms with van der Waals surface area (Å²) in [5, 5.41) is 10.5. The lowest BCUT2D eigenvalue weighted by molar-refractivity contribution is 0.414. The predicted molar refractivity (Wildman–Crippen MR) is 118 cm³/mol. The van der Waals surface area contributed by atoms with Crippen molar-refractivity contribution in [1.29, 1.82) is 0 Å². The Morgan fingerprint density at radius 1 is 0.839 bits per heavy atom. The van der Waals surface area contributed by atoms with Crippen LogP contribution in [0.4, 0.5) is 5.69 Å². The van der Waals surface area contributed by atoms with Gasteiger partial charge in [-0.3, -0.25) is 4.72 Å². The molecule has 0 unspecified atom stereocenters. The van der Waals surface area contributed by atoms with E-state index in [9.17, 15) is 21.9 Å². The van der Waals surface area contributed by atoms with E-state index in [-0.39, 0.29) is 25.9 Å². The Labute approximate surface area is 182 Å². The van der Waals surface area contributed by atoms with Gasteiger partial charge in [0.2, 0.25) is 9.84 Å². The van der Waals surface area contributed by atoms with Crippen molar-refractivity contribution in [2.45, 2.75) is 35.5 Å². The Hall–Kier alpha value is -3.04. The number of ether oxygens (including phenoxy) is 1. The second-order valence-electron chi connectivity index (χ2n) is 7.14. The number of rotatable bonds is 6. The van der Waals surface area contributed by atoms with Gasteiger partial charge in [-0.2, -0.15) is 0 Å². The van der Waals surface area contributed by atoms with Crippen LogP contribution in [0.2, 0.25) is 0 Å². The molecule has 7 nitrogen and oxygen atoms in total. The van der Waals surface area contributed by atoms with E-state index < -0.39 is 25.6 Å². The molecule has 0 atom stereocenters. The Kier molecular flexibility index (Phi) is 6.02. The number of aryl methyl sites for hydroxylation is 2. The van der Waals surface area contributed by atoms with Gasteiger partial charge in [0, 0.05) is 0 Å². The third-order valence-corrected chi connectivity index (χ3v) is 8.21. The van der Waals surface area contributed by atoms with Gasteiger partial charge in [0.25, 0.3) is 10.0 Å². The largest absolute Gasteiger partial charge is 0.507 e. The molecule has 0 aliphatic carbocycles. The number of aromatic hydroxyl groups is 1. The van der Waals surface area contributed by atoms with Crippen molar-refractivity contribution in [3.8, 4) is 11.5 Å². The molecule has 0 bridgehead atoms. The topological polar surface area (TPSA) is 110 Å². The number of hydrogen-bond donors (Lipinski definition) is 2. The lowest BCUT2D eigenvalue weighted by Crippen LogP contribution is -2.16. The lowest BCUT2D eigenvalue weighted by atomic mass is 10.1. The first-order valence-corrected chi connectivity index (χ1v) is 12.3. The van der Waals surface area contributed by atoms with Crippen molar-refractivity contribution in [3.05, 3.63) is 71.3 Å². The minimum Gasteiger partial charge on any atom is -0.507 e. The van der Waals surface area contributed by atoms with Crippen LogP contribution in [-0.4, -0.2) is 29.1 Å². The van der Waals surface area contributed by atoms with E-state index in [0.29, 0.717) is 11.3 Å². The molecule has 9 heteroatoms. The molecule has 0 saturated carbocycles. The molecule has 0 aliphatic heterocycles. The molecule has 3 rings (SSSR count). The van der Waals surface area contributed by atoms with Crippen LogP contribution in [0.1, 0.15) is 16.7 Å². The molecule has 31 heavy (non-hydrogen) atoms. The lowest BCUT2D eigenvalue weighted by Gasteiger charge is -2.18. The van der Waals surface area contributed by atoms with Gasteiger partial charge in [0.05, 0.1) is 22.6 Å². The van der Waals surface area contributed by atoms with Gasteiger partial charge in [-0.25, -0.2) is 16.8 Å².